The molecule has 3 rings (SSSR count). The number of aryl methyl sites for hydroxylation is 1. The molecule has 0 radical (unpaired) electrons. The van der Waals surface area contributed by atoms with Crippen LogP contribution in [0.15, 0.2) is 53.7 Å². The van der Waals surface area contributed by atoms with E-state index in [2.05, 4.69) is 10.3 Å². The highest BCUT2D eigenvalue weighted by atomic mass is 32.2. The zero-order chi connectivity index (χ0) is 19.3. The van der Waals surface area contributed by atoms with Crippen LogP contribution in [-0.2, 0) is 27.8 Å². The number of carbonyl (C=O) groups is 1. The minimum atomic E-state index is -3.50. The molecule has 0 bridgehead atoms. The van der Waals surface area contributed by atoms with Gasteiger partial charge in [0.2, 0.25) is 15.9 Å². The molecular formula is C20H25N3O3S. The SMILES string of the molecule is CCc1ccc(S(=O)(=O)N2CCC(C(=O)NCc3cccnc3)CC2)cc1. The second kappa shape index (κ2) is 8.63. The van der Waals surface area contributed by atoms with Gasteiger partial charge in [-0.1, -0.05) is 25.1 Å². The van der Waals surface area contributed by atoms with Crippen LogP contribution >= 0.6 is 0 Å². The second-order valence-corrected chi connectivity index (χ2v) is 8.69. The average molecular weight is 388 g/mol. The highest BCUT2D eigenvalue weighted by Gasteiger charge is 2.31. The van der Waals surface area contributed by atoms with Gasteiger partial charge in [-0.15, -0.1) is 0 Å². The van der Waals surface area contributed by atoms with E-state index in [9.17, 15) is 13.2 Å². The first kappa shape index (κ1) is 19.5. The number of sulfonamides is 1. The minimum Gasteiger partial charge on any atom is -0.352 e. The molecular weight excluding hydrogens is 362 g/mol. The molecule has 2 heterocycles. The van der Waals surface area contributed by atoms with Gasteiger partial charge in [0.15, 0.2) is 0 Å². The number of amides is 1. The van der Waals surface area contributed by atoms with Gasteiger partial charge < -0.3 is 5.32 Å². The number of nitrogens with one attached hydrogen (secondary N) is 1. The standard InChI is InChI=1S/C20H25N3O3S/c1-2-16-5-7-19(8-6-16)27(25,26)23-12-9-18(10-13-23)20(24)22-15-17-4-3-11-21-14-17/h3-8,11,14,18H,2,9-10,12-13,15H2,1H3,(H,22,24). The number of pyridine rings is 1. The summed E-state index contributed by atoms with van der Waals surface area (Å²) in [4.78, 5) is 16.7. The van der Waals surface area contributed by atoms with E-state index in [0.29, 0.717) is 37.4 Å². The van der Waals surface area contributed by atoms with E-state index < -0.39 is 10.0 Å². The van der Waals surface area contributed by atoms with Gasteiger partial charge in [0, 0.05) is 37.9 Å². The fraction of sp³-hybridized carbons (Fsp3) is 0.400. The minimum absolute atomic E-state index is 0.0248. The Morgan fingerprint density at radius 1 is 1.15 bits per heavy atom. The van der Waals surface area contributed by atoms with Crippen molar-refractivity contribution in [3.8, 4) is 0 Å². The van der Waals surface area contributed by atoms with Gasteiger partial charge in [0.05, 0.1) is 4.90 Å². The van der Waals surface area contributed by atoms with Gasteiger partial charge in [0.25, 0.3) is 0 Å². The molecule has 1 aromatic heterocycles. The number of carbonyl (C=O) groups excluding carboxylic acids is 1. The fourth-order valence-corrected chi connectivity index (χ4v) is 4.71. The van der Waals surface area contributed by atoms with E-state index in [1.807, 2.05) is 31.2 Å². The monoisotopic (exact) mass is 387 g/mol. The molecule has 1 aliphatic heterocycles. The third kappa shape index (κ3) is 4.73. The Morgan fingerprint density at radius 3 is 2.44 bits per heavy atom. The second-order valence-electron chi connectivity index (χ2n) is 6.75. The lowest BCUT2D eigenvalue weighted by molar-refractivity contribution is -0.126. The highest BCUT2D eigenvalue weighted by molar-refractivity contribution is 7.89. The number of hydrogen-bond acceptors (Lipinski definition) is 4. The van der Waals surface area contributed by atoms with Crippen molar-refractivity contribution in [1.82, 2.24) is 14.6 Å². The summed E-state index contributed by atoms with van der Waals surface area (Å²) in [6.07, 6.45) is 5.35. The van der Waals surface area contributed by atoms with Crippen LogP contribution in [0.5, 0.6) is 0 Å². The van der Waals surface area contributed by atoms with E-state index in [4.69, 9.17) is 0 Å². The number of rotatable bonds is 6. The van der Waals surface area contributed by atoms with Gasteiger partial charge >= 0.3 is 0 Å². The molecule has 0 aliphatic carbocycles. The summed E-state index contributed by atoms with van der Waals surface area (Å²) in [5.74, 6) is -0.182. The van der Waals surface area contributed by atoms with Crippen LogP contribution in [0.25, 0.3) is 0 Å². The number of aromatic nitrogens is 1. The molecule has 7 heteroatoms. The van der Waals surface area contributed by atoms with Crippen LogP contribution in [0.2, 0.25) is 0 Å². The Morgan fingerprint density at radius 2 is 1.85 bits per heavy atom. The number of hydrogen-bond donors (Lipinski definition) is 1. The summed E-state index contributed by atoms with van der Waals surface area (Å²) < 4.78 is 27.1. The number of piperidine rings is 1. The van der Waals surface area contributed by atoms with Crippen molar-refractivity contribution in [2.24, 2.45) is 5.92 Å². The smallest absolute Gasteiger partial charge is 0.243 e. The zero-order valence-corrected chi connectivity index (χ0v) is 16.3. The first-order valence-electron chi connectivity index (χ1n) is 9.26. The van der Waals surface area contributed by atoms with Crippen molar-refractivity contribution in [2.45, 2.75) is 37.6 Å². The summed E-state index contributed by atoms with van der Waals surface area (Å²) in [7, 11) is -3.50. The van der Waals surface area contributed by atoms with Crippen LogP contribution < -0.4 is 5.32 Å². The Labute approximate surface area is 160 Å². The molecule has 0 unspecified atom stereocenters. The Balaban J connectivity index is 1.55. The van der Waals surface area contributed by atoms with E-state index in [-0.39, 0.29) is 11.8 Å². The fourth-order valence-electron chi connectivity index (χ4n) is 3.24. The topological polar surface area (TPSA) is 79.4 Å². The van der Waals surface area contributed by atoms with Crippen LogP contribution in [0.3, 0.4) is 0 Å². The molecule has 1 fully saturated rings. The molecule has 0 saturated carbocycles. The van der Waals surface area contributed by atoms with E-state index in [1.54, 1.807) is 24.5 Å². The molecule has 6 nitrogen and oxygen atoms in total. The number of benzene rings is 1. The zero-order valence-electron chi connectivity index (χ0n) is 15.5. The lowest BCUT2D eigenvalue weighted by atomic mass is 9.97. The normalized spacial score (nSPS) is 16.2. The van der Waals surface area contributed by atoms with Crippen molar-refractivity contribution in [3.05, 3.63) is 59.9 Å². The van der Waals surface area contributed by atoms with Crippen LogP contribution in [0.4, 0.5) is 0 Å². The summed E-state index contributed by atoms with van der Waals surface area (Å²) >= 11 is 0. The summed E-state index contributed by atoms with van der Waals surface area (Å²) in [5.41, 5.74) is 2.05. The maximum Gasteiger partial charge on any atom is 0.243 e. The third-order valence-corrected chi connectivity index (χ3v) is 6.90. The lowest BCUT2D eigenvalue weighted by Gasteiger charge is -2.30. The Bertz CT molecular complexity index is 859. The molecule has 27 heavy (non-hydrogen) atoms. The van der Waals surface area contributed by atoms with Crippen LogP contribution in [-0.4, -0.2) is 36.7 Å². The quantitative estimate of drug-likeness (QED) is 0.825. The van der Waals surface area contributed by atoms with Crippen molar-refractivity contribution < 1.29 is 13.2 Å². The van der Waals surface area contributed by atoms with Crippen molar-refractivity contribution in [1.29, 1.82) is 0 Å². The maximum atomic E-state index is 12.8. The Kier molecular flexibility index (Phi) is 6.23. The van der Waals surface area contributed by atoms with E-state index in [1.165, 1.54) is 4.31 Å². The summed E-state index contributed by atoms with van der Waals surface area (Å²) in [6.45, 7) is 3.20. The highest BCUT2D eigenvalue weighted by Crippen LogP contribution is 2.24. The molecule has 1 aliphatic rings. The van der Waals surface area contributed by atoms with Crippen LogP contribution in [0, 0.1) is 5.92 Å². The van der Waals surface area contributed by atoms with Gasteiger partial charge in [-0.05, 0) is 48.6 Å². The first-order chi connectivity index (χ1) is 13.0. The molecule has 1 amide bonds. The Hall–Kier alpha value is -2.25. The molecule has 1 saturated heterocycles. The number of nitrogens with zero attached hydrogens (tertiary/aromatic N) is 2. The molecule has 0 atom stereocenters. The molecule has 1 N–H and O–H groups in total. The van der Waals surface area contributed by atoms with Gasteiger partial charge in [-0.3, -0.25) is 9.78 Å². The van der Waals surface area contributed by atoms with Crippen molar-refractivity contribution in [2.75, 3.05) is 13.1 Å². The average Bonchev–Trinajstić information content (AvgIpc) is 2.73. The largest absolute Gasteiger partial charge is 0.352 e. The predicted octanol–water partition coefficient (Wildman–Crippen LogP) is 2.36. The maximum absolute atomic E-state index is 12.8. The van der Waals surface area contributed by atoms with E-state index >= 15 is 0 Å². The molecule has 144 valence electrons. The van der Waals surface area contributed by atoms with Gasteiger partial charge in [-0.2, -0.15) is 4.31 Å². The van der Waals surface area contributed by atoms with Crippen LogP contribution in [0.1, 0.15) is 30.9 Å². The first-order valence-corrected chi connectivity index (χ1v) is 10.7. The van der Waals surface area contributed by atoms with Gasteiger partial charge in [-0.25, -0.2) is 8.42 Å². The molecule has 1 aromatic carbocycles. The van der Waals surface area contributed by atoms with Gasteiger partial charge in [0.1, 0.15) is 0 Å². The predicted molar refractivity (Wildman–Crippen MR) is 103 cm³/mol. The molecule has 0 spiro atoms. The van der Waals surface area contributed by atoms with E-state index in [0.717, 1.165) is 17.5 Å². The lowest BCUT2D eigenvalue weighted by Crippen LogP contribution is -2.42. The van der Waals surface area contributed by atoms with Crippen molar-refractivity contribution in [3.63, 3.8) is 0 Å². The van der Waals surface area contributed by atoms with Crippen molar-refractivity contribution >= 4 is 15.9 Å². The molecule has 2 aromatic rings. The summed E-state index contributed by atoms with van der Waals surface area (Å²) in [5, 5.41) is 2.92. The third-order valence-electron chi connectivity index (χ3n) is 4.98. The summed E-state index contributed by atoms with van der Waals surface area (Å²) in [6, 6.07) is 10.8.